The van der Waals surface area contributed by atoms with Crippen LogP contribution in [0, 0.1) is 0 Å². The molecule has 2 rings (SSSR count). The van der Waals surface area contributed by atoms with Crippen molar-refractivity contribution in [1.82, 2.24) is 15.1 Å². The van der Waals surface area contributed by atoms with E-state index in [1.165, 1.54) is 0 Å². The molecule has 0 saturated carbocycles. The summed E-state index contributed by atoms with van der Waals surface area (Å²) in [5.41, 5.74) is 0.995. The monoisotopic (exact) mass is 317 g/mol. The van der Waals surface area contributed by atoms with Gasteiger partial charge in [0.1, 0.15) is 0 Å². The molecule has 0 aromatic carbocycles. The summed E-state index contributed by atoms with van der Waals surface area (Å²) in [6, 6.07) is 1.92. The fourth-order valence-corrected chi connectivity index (χ4v) is 3.57. The predicted octanol–water partition coefficient (Wildman–Crippen LogP) is 4.36. The smallest absolute Gasteiger partial charge is 0.0872 e. The van der Waals surface area contributed by atoms with Crippen LogP contribution in [0.4, 0.5) is 0 Å². The van der Waals surface area contributed by atoms with Gasteiger partial charge in [0.05, 0.1) is 28.0 Å². The van der Waals surface area contributed by atoms with Crippen LogP contribution >= 0.6 is 34.5 Å². The second-order valence-electron chi connectivity index (χ2n) is 4.22. The summed E-state index contributed by atoms with van der Waals surface area (Å²) < 4.78 is 1.96. The molecule has 0 aliphatic carbocycles. The largest absolute Gasteiger partial charge is 0.304 e. The van der Waals surface area contributed by atoms with Crippen LogP contribution in [-0.4, -0.2) is 16.3 Å². The summed E-state index contributed by atoms with van der Waals surface area (Å²) in [7, 11) is 0. The Hall–Kier alpha value is -0.550. The SMILES string of the molecule is CCCn1ncc(Cl)c1C(NCC)c1sccc1Cl. The quantitative estimate of drug-likeness (QED) is 0.857. The summed E-state index contributed by atoms with van der Waals surface area (Å²) in [6.45, 7) is 5.89. The van der Waals surface area contributed by atoms with Crippen molar-refractivity contribution in [2.75, 3.05) is 6.54 Å². The second-order valence-corrected chi connectivity index (χ2v) is 5.99. The minimum absolute atomic E-state index is 0.000880. The molecule has 0 aliphatic rings. The van der Waals surface area contributed by atoms with Gasteiger partial charge in [-0.25, -0.2) is 0 Å². The third kappa shape index (κ3) is 3.14. The molecule has 1 atom stereocenters. The highest BCUT2D eigenvalue weighted by Crippen LogP contribution is 2.35. The summed E-state index contributed by atoms with van der Waals surface area (Å²) >= 11 is 14.2. The van der Waals surface area contributed by atoms with Crippen LogP contribution in [0.2, 0.25) is 10.0 Å². The standard InChI is InChI=1S/C13H17Cl2N3S/c1-3-6-18-12(10(15)8-17-18)11(16-4-2)13-9(14)5-7-19-13/h5,7-8,11,16H,3-4,6H2,1-2H3. The maximum absolute atomic E-state index is 6.32. The van der Waals surface area contributed by atoms with E-state index in [0.717, 1.165) is 35.1 Å². The Labute approximate surface area is 127 Å². The van der Waals surface area contributed by atoms with E-state index in [4.69, 9.17) is 23.2 Å². The summed E-state index contributed by atoms with van der Waals surface area (Å²) in [5.74, 6) is 0. The lowest BCUT2D eigenvalue weighted by molar-refractivity contribution is 0.524. The first-order chi connectivity index (χ1) is 9.19. The van der Waals surface area contributed by atoms with E-state index >= 15 is 0 Å². The molecule has 0 fully saturated rings. The molecule has 2 aromatic heterocycles. The molecule has 1 unspecified atom stereocenters. The van der Waals surface area contributed by atoms with Crippen molar-refractivity contribution in [3.8, 4) is 0 Å². The maximum Gasteiger partial charge on any atom is 0.0872 e. The summed E-state index contributed by atoms with van der Waals surface area (Å²) in [4.78, 5) is 1.09. The van der Waals surface area contributed by atoms with Crippen LogP contribution in [0.25, 0.3) is 0 Å². The molecular formula is C13H17Cl2N3S. The fourth-order valence-electron chi connectivity index (χ4n) is 2.08. The van der Waals surface area contributed by atoms with Crippen LogP contribution in [0.5, 0.6) is 0 Å². The molecule has 6 heteroatoms. The maximum atomic E-state index is 6.32. The van der Waals surface area contributed by atoms with Crippen LogP contribution in [0.1, 0.15) is 36.9 Å². The van der Waals surface area contributed by atoms with Crippen molar-refractivity contribution >= 4 is 34.5 Å². The molecule has 2 heterocycles. The van der Waals surface area contributed by atoms with Gasteiger partial charge < -0.3 is 5.32 Å². The molecule has 1 N–H and O–H groups in total. The van der Waals surface area contributed by atoms with Crippen molar-refractivity contribution in [2.24, 2.45) is 0 Å². The van der Waals surface area contributed by atoms with Gasteiger partial charge in [-0.1, -0.05) is 37.0 Å². The lowest BCUT2D eigenvalue weighted by atomic mass is 10.1. The van der Waals surface area contributed by atoms with Crippen LogP contribution in [0.15, 0.2) is 17.6 Å². The lowest BCUT2D eigenvalue weighted by Gasteiger charge is -2.19. The van der Waals surface area contributed by atoms with E-state index in [1.54, 1.807) is 17.5 Å². The van der Waals surface area contributed by atoms with Gasteiger partial charge >= 0.3 is 0 Å². The zero-order chi connectivity index (χ0) is 13.8. The van der Waals surface area contributed by atoms with Gasteiger partial charge in [-0.05, 0) is 24.4 Å². The first-order valence-corrected chi connectivity index (χ1v) is 8.00. The number of aromatic nitrogens is 2. The Bertz CT molecular complexity index is 536. The van der Waals surface area contributed by atoms with Gasteiger partial charge in [-0.3, -0.25) is 4.68 Å². The second kappa shape index (κ2) is 6.75. The number of thiophene rings is 1. The minimum Gasteiger partial charge on any atom is -0.304 e. The number of nitrogens with one attached hydrogen (secondary N) is 1. The zero-order valence-electron chi connectivity index (χ0n) is 11.0. The Morgan fingerprint density at radius 3 is 2.74 bits per heavy atom. The highest BCUT2D eigenvalue weighted by molar-refractivity contribution is 7.10. The predicted molar refractivity (Wildman–Crippen MR) is 82.4 cm³/mol. The molecule has 3 nitrogen and oxygen atoms in total. The Balaban J connectivity index is 2.44. The molecule has 0 saturated heterocycles. The van der Waals surface area contributed by atoms with Crippen LogP contribution < -0.4 is 5.32 Å². The number of aryl methyl sites for hydroxylation is 1. The van der Waals surface area contributed by atoms with Crippen molar-refractivity contribution in [3.63, 3.8) is 0 Å². The van der Waals surface area contributed by atoms with Crippen molar-refractivity contribution < 1.29 is 0 Å². The highest BCUT2D eigenvalue weighted by atomic mass is 35.5. The van der Waals surface area contributed by atoms with Crippen molar-refractivity contribution in [3.05, 3.63) is 38.3 Å². The number of nitrogens with zero attached hydrogens (tertiary/aromatic N) is 2. The average Bonchev–Trinajstić information content (AvgIpc) is 2.95. The van der Waals surface area contributed by atoms with Gasteiger partial charge in [-0.15, -0.1) is 11.3 Å². The minimum atomic E-state index is -0.000880. The molecule has 2 aromatic rings. The lowest BCUT2D eigenvalue weighted by Crippen LogP contribution is -2.24. The van der Waals surface area contributed by atoms with Gasteiger partial charge in [0, 0.05) is 11.4 Å². The molecule has 0 bridgehead atoms. The summed E-state index contributed by atoms with van der Waals surface area (Å²) in [6.07, 6.45) is 2.72. The van der Waals surface area contributed by atoms with Gasteiger partial charge in [0.25, 0.3) is 0 Å². The van der Waals surface area contributed by atoms with E-state index < -0.39 is 0 Å². The first-order valence-electron chi connectivity index (χ1n) is 6.36. The number of rotatable bonds is 6. The normalized spacial score (nSPS) is 12.8. The fraction of sp³-hybridized carbons (Fsp3) is 0.462. The number of hydrogen-bond donors (Lipinski definition) is 1. The number of halogens is 2. The Morgan fingerprint density at radius 2 is 2.16 bits per heavy atom. The van der Waals surface area contributed by atoms with E-state index in [2.05, 4.69) is 24.3 Å². The van der Waals surface area contributed by atoms with E-state index in [1.807, 2.05) is 16.1 Å². The van der Waals surface area contributed by atoms with E-state index in [-0.39, 0.29) is 6.04 Å². The molecule has 0 amide bonds. The van der Waals surface area contributed by atoms with Gasteiger partial charge in [0.15, 0.2) is 0 Å². The third-order valence-electron chi connectivity index (χ3n) is 2.86. The Kier molecular flexibility index (Phi) is 5.28. The molecule has 0 spiro atoms. The average molecular weight is 318 g/mol. The van der Waals surface area contributed by atoms with Crippen molar-refractivity contribution in [1.29, 1.82) is 0 Å². The van der Waals surface area contributed by atoms with Crippen LogP contribution in [0.3, 0.4) is 0 Å². The van der Waals surface area contributed by atoms with Crippen LogP contribution in [-0.2, 0) is 6.54 Å². The first kappa shape index (κ1) is 14.9. The molecule has 19 heavy (non-hydrogen) atoms. The molecule has 104 valence electrons. The van der Waals surface area contributed by atoms with Crippen molar-refractivity contribution in [2.45, 2.75) is 32.9 Å². The molecule has 0 radical (unpaired) electrons. The summed E-state index contributed by atoms with van der Waals surface area (Å²) in [5, 5.41) is 11.3. The van der Waals surface area contributed by atoms with E-state index in [9.17, 15) is 0 Å². The van der Waals surface area contributed by atoms with E-state index in [0.29, 0.717) is 5.02 Å². The van der Waals surface area contributed by atoms with Gasteiger partial charge in [0.2, 0.25) is 0 Å². The Morgan fingerprint density at radius 1 is 1.37 bits per heavy atom. The molecule has 0 aliphatic heterocycles. The zero-order valence-corrected chi connectivity index (χ0v) is 13.3. The third-order valence-corrected chi connectivity index (χ3v) is 4.57. The van der Waals surface area contributed by atoms with Gasteiger partial charge in [-0.2, -0.15) is 5.10 Å². The topological polar surface area (TPSA) is 29.9 Å². The number of hydrogen-bond acceptors (Lipinski definition) is 3. The highest BCUT2D eigenvalue weighted by Gasteiger charge is 2.24. The molecular weight excluding hydrogens is 301 g/mol.